The Morgan fingerprint density at radius 3 is 2.76 bits per heavy atom. The second-order valence-corrected chi connectivity index (χ2v) is 7.26. The van der Waals surface area contributed by atoms with E-state index < -0.39 is 17.5 Å². The molecular weight excluding hydrogens is 392 g/mol. The molecule has 7 nitrogen and oxygen atoms in total. The van der Waals surface area contributed by atoms with Gasteiger partial charge in [0.1, 0.15) is 11.1 Å². The van der Waals surface area contributed by atoms with Crippen LogP contribution in [-0.4, -0.2) is 23.1 Å². The van der Waals surface area contributed by atoms with Gasteiger partial charge in [-0.2, -0.15) is 4.99 Å². The van der Waals surface area contributed by atoms with Crippen LogP contribution in [0.2, 0.25) is 0 Å². The molecule has 0 aliphatic carbocycles. The Balaban J connectivity index is 1.78. The molecule has 1 amide bonds. The van der Waals surface area contributed by atoms with E-state index >= 15 is 0 Å². The molecular formula is C21H16N2O5S. The van der Waals surface area contributed by atoms with Gasteiger partial charge < -0.3 is 13.7 Å². The van der Waals surface area contributed by atoms with E-state index in [1.165, 1.54) is 17.4 Å². The van der Waals surface area contributed by atoms with Gasteiger partial charge in [-0.15, -0.1) is 0 Å². The number of aromatic nitrogens is 1. The summed E-state index contributed by atoms with van der Waals surface area (Å²) in [5, 5.41) is 0.644. The first-order chi connectivity index (χ1) is 14.0. The molecule has 0 bridgehead atoms. The summed E-state index contributed by atoms with van der Waals surface area (Å²) in [6.07, 6.45) is 0. The Bertz CT molecular complexity index is 1390. The van der Waals surface area contributed by atoms with Crippen molar-refractivity contribution in [1.29, 1.82) is 0 Å². The van der Waals surface area contributed by atoms with Gasteiger partial charge in [0.05, 0.1) is 22.4 Å². The predicted octanol–water partition coefficient (Wildman–Crippen LogP) is 3.26. The van der Waals surface area contributed by atoms with Crippen LogP contribution in [0.5, 0.6) is 0 Å². The highest BCUT2D eigenvalue weighted by molar-refractivity contribution is 7.16. The smallest absolute Gasteiger partial charge is 0.349 e. The molecule has 2 aromatic carbocycles. The van der Waals surface area contributed by atoms with Gasteiger partial charge in [-0.25, -0.2) is 9.59 Å². The number of nitrogens with zero attached hydrogens (tertiary/aromatic N) is 2. The number of hydrogen-bond acceptors (Lipinski definition) is 6. The maximum atomic E-state index is 12.7. The molecule has 8 heteroatoms. The monoisotopic (exact) mass is 408 g/mol. The number of rotatable bonds is 3. The lowest BCUT2D eigenvalue weighted by Crippen LogP contribution is -2.17. The standard InChI is InChI=1S/C21H16N2O5S/c1-3-27-19(25)13-8-9-15-17(11-13)29-21(23(15)2)22-18(24)14-10-12-6-4-5-7-16(12)28-20(14)26/h4-11H,3H2,1-2H3. The fourth-order valence-corrected chi connectivity index (χ4v) is 4.00. The Hall–Kier alpha value is -3.52. The van der Waals surface area contributed by atoms with Crippen molar-refractivity contribution < 1.29 is 18.7 Å². The van der Waals surface area contributed by atoms with Crippen molar-refractivity contribution in [3.63, 3.8) is 0 Å². The number of fused-ring (bicyclic) bond motifs is 2. The lowest BCUT2D eigenvalue weighted by atomic mass is 10.2. The lowest BCUT2D eigenvalue weighted by molar-refractivity contribution is 0.0526. The van der Waals surface area contributed by atoms with Gasteiger partial charge in [-0.3, -0.25) is 4.79 Å². The summed E-state index contributed by atoms with van der Waals surface area (Å²) in [7, 11) is 1.76. The summed E-state index contributed by atoms with van der Waals surface area (Å²) in [6.45, 7) is 2.03. The zero-order valence-corrected chi connectivity index (χ0v) is 16.5. The number of carbonyl (C=O) groups excluding carboxylic acids is 2. The average Bonchev–Trinajstić information content (AvgIpc) is 3.02. The Kier molecular flexibility index (Phi) is 4.85. The third kappa shape index (κ3) is 3.50. The number of amides is 1. The third-order valence-corrected chi connectivity index (χ3v) is 5.48. The van der Waals surface area contributed by atoms with E-state index in [2.05, 4.69) is 4.99 Å². The molecule has 4 aromatic rings. The summed E-state index contributed by atoms with van der Waals surface area (Å²) >= 11 is 1.24. The van der Waals surface area contributed by atoms with Gasteiger partial charge >= 0.3 is 11.6 Å². The van der Waals surface area contributed by atoms with Gasteiger partial charge in [-0.1, -0.05) is 29.5 Å². The summed E-state index contributed by atoms with van der Waals surface area (Å²) in [5.74, 6) is -1.09. The van der Waals surface area contributed by atoms with Crippen molar-refractivity contribution in [2.24, 2.45) is 12.0 Å². The second kappa shape index (κ2) is 7.48. The number of aryl methyl sites for hydroxylation is 1. The van der Waals surface area contributed by atoms with E-state index in [1.807, 2.05) is 0 Å². The van der Waals surface area contributed by atoms with Crippen molar-refractivity contribution >= 4 is 44.4 Å². The molecule has 0 aliphatic heterocycles. The molecule has 0 radical (unpaired) electrons. The highest BCUT2D eigenvalue weighted by atomic mass is 32.1. The Morgan fingerprint density at radius 1 is 1.17 bits per heavy atom. The van der Waals surface area contributed by atoms with E-state index in [4.69, 9.17) is 9.15 Å². The van der Waals surface area contributed by atoms with Gasteiger partial charge in [0.25, 0.3) is 5.91 Å². The van der Waals surface area contributed by atoms with E-state index in [1.54, 1.807) is 61.0 Å². The number of ether oxygens (including phenoxy) is 1. The van der Waals surface area contributed by atoms with Crippen LogP contribution in [-0.2, 0) is 11.8 Å². The molecule has 0 atom stereocenters. The molecule has 0 spiro atoms. The average molecular weight is 408 g/mol. The molecule has 0 saturated carbocycles. The lowest BCUT2D eigenvalue weighted by Gasteiger charge is -2.01. The first kappa shape index (κ1) is 18.8. The predicted molar refractivity (Wildman–Crippen MR) is 109 cm³/mol. The largest absolute Gasteiger partial charge is 0.462 e. The number of thiazole rings is 1. The summed E-state index contributed by atoms with van der Waals surface area (Å²) in [4.78, 5) is 41.3. The second-order valence-electron chi connectivity index (χ2n) is 6.25. The maximum Gasteiger partial charge on any atom is 0.349 e. The van der Waals surface area contributed by atoms with E-state index in [-0.39, 0.29) is 5.56 Å². The quantitative estimate of drug-likeness (QED) is 0.383. The molecule has 146 valence electrons. The SMILES string of the molecule is CCOC(=O)c1ccc2c(c1)sc(=NC(=O)c1cc3ccccc3oc1=O)n2C. The summed E-state index contributed by atoms with van der Waals surface area (Å²) < 4.78 is 12.7. The van der Waals surface area contributed by atoms with Crippen LogP contribution in [0.25, 0.3) is 21.2 Å². The van der Waals surface area contributed by atoms with Crippen LogP contribution in [0.4, 0.5) is 0 Å². The zero-order valence-electron chi connectivity index (χ0n) is 15.7. The zero-order chi connectivity index (χ0) is 20.5. The van der Waals surface area contributed by atoms with E-state index in [9.17, 15) is 14.4 Å². The molecule has 4 rings (SSSR count). The minimum atomic E-state index is -0.731. The van der Waals surface area contributed by atoms with Gasteiger partial charge in [-0.05, 0) is 37.3 Å². The minimum Gasteiger partial charge on any atom is -0.462 e. The fourth-order valence-electron chi connectivity index (χ4n) is 2.94. The molecule has 0 saturated heterocycles. The maximum absolute atomic E-state index is 12.7. The van der Waals surface area contributed by atoms with Crippen molar-refractivity contribution in [3.05, 3.63) is 74.9 Å². The van der Waals surface area contributed by atoms with E-state index in [0.29, 0.717) is 27.9 Å². The fraction of sp³-hybridized carbons (Fsp3) is 0.143. The first-order valence-electron chi connectivity index (χ1n) is 8.86. The molecule has 0 unspecified atom stereocenters. The van der Waals surface area contributed by atoms with Crippen molar-refractivity contribution in [2.45, 2.75) is 6.92 Å². The van der Waals surface area contributed by atoms with Crippen LogP contribution >= 0.6 is 11.3 Å². The normalized spacial score (nSPS) is 11.9. The number of carbonyl (C=O) groups is 2. The number of benzene rings is 2. The Morgan fingerprint density at radius 2 is 1.97 bits per heavy atom. The minimum absolute atomic E-state index is 0.131. The molecule has 29 heavy (non-hydrogen) atoms. The van der Waals surface area contributed by atoms with Crippen LogP contribution < -0.4 is 10.4 Å². The Labute approximate surface area is 168 Å². The van der Waals surface area contributed by atoms with Crippen molar-refractivity contribution in [2.75, 3.05) is 6.61 Å². The molecule has 0 N–H and O–H groups in total. The summed E-state index contributed by atoms with van der Waals surface area (Å²) in [5.41, 5.74) is 0.779. The highest BCUT2D eigenvalue weighted by Crippen LogP contribution is 2.19. The van der Waals surface area contributed by atoms with Gasteiger partial charge in [0.15, 0.2) is 4.80 Å². The van der Waals surface area contributed by atoms with Crippen LogP contribution in [0.15, 0.2) is 62.7 Å². The van der Waals surface area contributed by atoms with Crippen molar-refractivity contribution in [1.82, 2.24) is 4.57 Å². The molecule has 2 aromatic heterocycles. The summed E-state index contributed by atoms with van der Waals surface area (Å²) in [6, 6.07) is 13.6. The highest BCUT2D eigenvalue weighted by Gasteiger charge is 2.15. The van der Waals surface area contributed by atoms with Crippen molar-refractivity contribution in [3.8, 4) is 0 Å². The number of hydrogen-bond donors (Lipinski definition) is 0. The van der Waals surface area contributed by atoms with Gasteiger partial charge in [0, 0.05) is 12.4 Å². The first-order valence-corrected chi connectivity index (χ1v) is 9.68. The van der Waals surface area contributed by atoms with Crippen LogP contribution in [0.3, 0.4) is 0 Å². The van der Waals surface area contributed by atoms with Gasteiger partial charge in [0.2, 0.25) is 0 Å². The molecule has 0 aliphatic rings. The topological polar surface area (TPSA) is 90.9 Å². The third-order valence-electron chi connectivity index (χ3n) is 4.39. The number of esters is 1. The van der Waals surface area contributed by atoms with Crippen LogP contribution in [0.1, 0.15) is 27.6 Å². The molecule has 2 heterocycles. The molecule has 0 fully saturated rings. The number of para-hydroxylation sites is 1. The van der Waals surface area contributed by atoms with E-state index in [0.717, 1.165) is 10.2 Å². The van der Waals surface area contributed by atoms with Crippen LogP contribution in [0, 0.1) is 0 Å².